The Morgan fingerprint density at radius 1 is 1.04 bits per heavy atom. The van der Waals surface area contributed by atoms with Gasteiger partial charge in [0.2, 0.25) is 0 Å². The van der Waals surface area contributed by atoms with Gasteiger partial charge in [-0.1, -0.05) is 18.2 Å². The van der Waals surface area contributed by atoms with Gasteiger partial charge in [-0.3, -0.25) is 9.10 Å². The van der Waals surface area contributed by atoms with Crippen molar-refractivity contribution in [2.45, 2.75) is 36.7 Å². The van der Waals surface area contributed by atoms with Crippen LogP contribution >= 0.6 is 0 Å². The Labute approximate surface area is 159 Å². The van der Waals surface area contributed by atoms with Gasteiger partial charge in [0.05, 0.1) is 23.8 Å². The zero-order chi connectivity index (χ0) is 19.3. The molecule has 1 aliphatic rings. The lowest BCUT2D eigenvalue weighted by Crippen LogP contribution is -2.36. The van der Waals surface area contributed by atoms with Gasteiger partial charge < -0.3 is 9.47 Å². The number of carbonyl (C=O) groups is 1. The maximum atomic E-state index is 13.0. The first-order valence-corrected chi connectivity index (χ1v) is 10.4. The van der Waals surface area contributed by atoms with E-state index in [0.717, 1.165) is 17.1 Å². The SMILES string of the molecule is COC(=O)CN(c1ccc(OC2CCCC2)cc1)S(=O)(=O)c1ccccc1. The second-order valence-electron chi connectivity index (χ2n) is 6.42. The second-order valence-corrected chi connectivity index (χ2v) is 8.28. The molecule has 0 bridgehead atoms. The Bertz CT molecular complexity index is 859. The first-order valence-electron chi connectivity index (χ1n) is 8.92. The van der Waals surface area contributed by atoms with Crippen LogP contribution in [0.3, 0.4) is 0 Å². The molecule has 7 heteroatoms. The fourth-order valence-electron chi connectivity index (χ4n) is 3.11. The zero-order valence-electron chi connectivity index (χ0n) is 15.2. The standard InChI is InChI=1S/C20H23NO5S/c1-25-20(22)15-21(27(23,24)19-9-3-2-4-10-19)16-11-13-18(14-12-16)26-17-7-5-6-8-17/h2-4,9-14,17H,5-8,15H2,1H3. The molecule has 0 radical (unpaired) electrons. The summed E-state index contributed by atoms with van der Waals surface area (Å²) in [6, 6.07) is 14.8. The van der Waals surface area contributed by atoms with Crippen LogP contribution in [-0.4, -0.2) is 34.1 Å². The first kappa shape index (κ1) is 19.2. The van der Waals surface area contributed by atoms with E-state index in [2.05, 4.69) is 4.74 Å². The number of esters is 1. The van der Waals surface area contributed by atoms with Crippen molar-refractivity contribution in [2.24, 2.45) is 0 Å². The van der Waals surface area contributed by atoms with Crippen LogP contribution in [0.5, 0.6) is 5.75 Å². The molecule has 3 rings (SSSR count). The lowest BCUT2D eigenvalue weighted by Gasteiger charge is -2.24. The first-order chi connectivity index (χ1) is 13.0. The van der Waals surface area contributed by atoms with Crippen LogP contribution in [0, 0.1) is 0 Å². The van der Waals surface area contributed by atoms with Crippen molar-refractivity contribution in [2.75, 3.05) is 18.0 Å². The Morgan fingerprint density at radius 2 is 1.67 bits per heavy atom. The lowest BCUT2D eigenvalue weighted by atomic mass is 10.2. The minimum absolute atomic E-state index is 0.111. The quantitative estimate of drug-likeness (QED) is 0.679. The number of anilines is 1. The average Bonchev–Trinajstić information content (AvgIpc) is 3.20. The fraction of sp³-hybridized carbons (Fsp3) is 0.350. The molecule has 1 fully saturated rings. The monoisotopic (exact) mass is 389 g/mol. The van der Waals surface area contributed by atoms with Crippen molar-refractivity contribution in [1.82, 2.24) is 0 Å². The number of hydrogen-bond acceptors (Lipinski definition) is 5. The molecule has 144 valence electrons. The predicted octanol–water partition coefficient (Wildman–Crippen LogP) is 3.38. The molecule has 0 aromatic heterocycles. The van der Waals surface area contributed by atoms with Crippen LogP contribution in [-0.2, 0) is 19.6 Å². The normalized spacial score (nSPS) is 14.7. The molecule has 1 aliphatic carbocycles. The fourth-order valence-corrected chi connectivity index (χ4v) is 4.54. The van der Waals surface area contributed by atoms with Crippen LogP contribution in [0.2, 0.25) is 0 Å². The van der Waals surface area contributed by atoms with E-state index in [1.807, 2.05) is 0 Å². The molecule has 0 N–H and O–H groups in total. The van der Waals surface area contributed by atoms with E-state index in [-0.39, 0.29) is 11.0 Å². The van der Waals surface area contributed by atoms with E-state index in [1.54, 1.807) is 42.5 Å². The molecule has 0 unspecified atom stereocenters. The van der Waals surface area contributed by atoms with Gasteiger partial charge in [0.15, 0.2) is 0 Å². The van der Waals surface area contributed by atoms with Gasteiger partial charge in [0.25, 0.3) is 10.0 Å². The van der Waals surface area contributed by atoms with Crippen LogP contribution < -0.4 is 9.04 Å². The number of nitrogens with zero attached hydrogens (tertiary/aromatic N) is 1. The number of benzene rings is 2. The van der Waals surface area contributed by atoms with Gasteiger partial charge in [0.1, 0.15) is 12.3 Å². The van der Waals surface area contributed by atoms with Crippen LogP contribution in [0.15, 0.2) is 59.5 Å². The maximum Gasteiger partial charge on any atom is 0.326 e. The van der Waals surface area contributed by atoms with E-state index in [4.69, 9.17) is 4.74 Å². The second kappa shape index (κ2) is 8.43. The average molecular weight is 389 g/mol. The molecule has 2 aromatic rings. The molecule has 0 saturated heterocycles. The minimum Gasteiger partial charge on any atom is -0.490 e. The summed E-state index contributed by atoms with van der Waals surface area (Å²) >= 11 is 0. The molecule has 0 atom stereocenters. The molecule has 0 spiro atoms. The molecule has 2 aromatic carbocycles. The molecule has 1 saturated carbocycles. The Kier molecular flexibility index (Phi) is 6.01. The smallest absolute Gasteiger partial charge is 0.326 e. The number of sulfonamides is 1. The summed E-state index contributed by atoms with van der Waals surface area (Å²) in [7, 11) is -2.67. The molecular weight excluding hydrogens is 366 g/mol. The van der Waals surface area contributed by atoms with Crippen molar-refractivity contribution in [3.05, 3.63) is 54.6 Å². The zero-order valence-corrected chi connectivity index (χ0v) is 16.0. The number of hydrogen-bond donors (Lipinski definition) is 0. The highest BCUT2D eigenvalue weighted by Crippen LogP contribution is 2.28. The highest BCUT2D eigenvalue weighted by molar-refractivity contribution is 7.92. The minimum atomic E-state index is -3.90. The summed E-state index contributed by atoms with van der Waals surface area (Å²) in [5.41, 5.74) is 0.378. The third kappa shape index (κ3) is 4.60. The highest BCUT2D eigenvalue weighted by atomic mass is 32.2. The summed E-state index contributed by atoms with van der Waals surface area (Å²) < 4.78 is 37.7. The summed E-state index contributed by atoms with van der Waals surface area (Å²) in [6.45, 7) is -0.406. The van der Waals surface area contributed by atoms with Crippen molar-refractivity contribution in [3.8, 4) is 5.75 Å². The molecular formula is C20H23NO5S. The molecule has 0 amide bonds. The lowest BCUT2D eigenvalue weighted by molar-refractivity contribution is -0.138. The van der Waals surface area contributed by atoms with Gasteiger partial charge in [-0.2, -0.15) is 0 Å². The van der Waals surface area contributed by atoms with Gasteiger partial charge >= 0.3 is 5.97 Å². The van der Waals surface area contributed by atoms with Crippen LogP contribution in [0.1, 0.15) is 25.7 Å². The predicted molar refractivity (Wildman–Crippen MR) is 102 cm³/mol. The van der Waals surface area contributed by atoms with Crippen molar-refractivity contribution in [3.63, 3.8) is 0 Å². The van der Waals surface area contributed by atoms with Gasteiger partial charge in [-0.05, 0) is 62.1 Å². The summed E-state index contributed by atoms with van der Waals surface area (Å²) in [5, 5.41) is 0. The van der Waals surface area contributed by atoms with Crippen LogP contribution in [0.25, 0.3) is 0 Å². The Morgan fingerprint density at radius 3 is 2.26 bits per heavy atom. The van der Waals surface area contributed by atoms with Gasteiger partial charge in [-0.25, -0.2) is 8.42 Å². The molecule has 27 heavy (non-hydrogen) atoms. The van der Waals surface area contributed by atoms with E-state index < -0.39 is 22.5 Å². The van der Waals surface area contributed by atoms with Gasteiger partial charge in [0, 0.05) is 0 Å². The third-order valence-corrected chi connectivity index (χ3v) is 6.35. The summed E-state index contributed by atoms with van der Waals surface area (Å²) in [4.78, 5) is 11.9. The molecule has 6 nitrogen and oxygen atoms in total. The summed E-state index contributed by atoms with van der Waals surface area (Å²) in [5.74, 6) is 0.0570. The largest absolute Gasteiger partial charge is 0.490 e. The van der Waals surface area contributed by atoms with E-state index in [1.165, 1.54) is 32.1 Å². The number of carbonyl (C=O) groups excluding carboxylic acids is 1. The molecule has 0 aliphatic heterocycles. The maximum absolute atomic E-state index is 13.0. The van der Waals surface area contributed by atoms with E-state index >= 15 is 0 Å². The Balaban J connectivity index is 1.87. The van der Waals surface area contributed by atoms with E-state index in [9.17, 15) is 13.2 Å². The Hall–Kier alpha value is -2.54. The summed E-state index contributed by atoms with van der Waals surface area (Å²) in [6.07, 6.45) is 4.64. The van der Waals surface area contributed by atoms with E-state index in [0.29, 0.717) is 11.4 Å². The van der Waals surface area contributed by atoms with Crippen molar-refractivity contribution >= 4 is 21.7 Å². The highest BCUT2D eigenvalue weighted by Gasteiger charge is 2.27. The van der Waals surface area contributed by atoms with Crippen molar-refractivity contribution in [1.29, 1.82) is 0 Å². The third-order valence-electron chi connectivity index (χ3n) is 4.56. The van der Waals surface area contributed by atoms with Crippen molar-refractivity contribution < 1.29 is 22.7 Å². The number of ether oxygens (including phenoxy) is 2. The number of methoxy groups -OCH3 is 1. The van der Waals surface area contributed by atoms with Gasteiger partial charge in [-0.15, -0.1) is 0 Å². The molecule has 0 heterocycles. The van der Waals surface area contributed by atoms with Crippen LogP contribution in [0.4, 0.5) is 5.69 Å². The topological polar surface area (TPSA) is 72.9 Å². The number of rotatable bonds is 7.